The quantitative estimate of drug-likeness (QED) is 0.0881. The van der Waals surface area contributed by atoms with Gasteiger partial charge in [0, 0.05) is 52.1 Å². The number of anilines is 3. The van der Waals surface area contributed by atoms with Crippen molar-refractivity contribution in [1.82, 2.24) is 0 Å². The van der Waals surface area contributed by atoms with Crippen molar-refractivity contribution in [2.45, 2.75) is 296 Å². The number of fused-ring (bicyclic) bond motifs is 7. The fraction of sp³-hybridized carbons (Fsp3) is 0.338. The number of hydrogen-bond donors (Lipinski definition) is 3. The van der Waals surface area contributed by atoms with Gasteiger partial charge in [0.1, 0.15) is 0 Å². The second-order valence-corrected chi connectivity index (χ2v) is 48.4. The zero-order valence-electron chi connectivity index (χ0n) is 92.4. The maximum absolute atomic E-state index is 10.5. The van der Waals surface area contributed by atoms with Gasteiger partial charge >= 0.3 is 0 Å². The van der Waals surface area contributed by atoms with E-state index in [4.69, 9.17) is 17.2 Å². The predicted molar refractivity (Wildman–Crippen MR) is 624 cm³/mol. The summed E-state index contributed by atoms with van der Waals surface area (Å²) >= 11 is 0. The van der Waals surface area contributed by atoms with Crippen LogP contribution < -0.4 is 17.2 Å². The first kappa shape index (κ1) is 114. The van der Waals surface area contributed by atoms with E-state index in [2.05, 4.69) is 464 Å². The Balaban J connectivity index is 0.000000193. The molecule has 0 aromatic heterocycles. The lowest BCUT2D eigenvalue weighted by Gasteiger charge is -2.22. The molecule has 746 valence electrons. The summed E-state index contributed by atoms with van der Waals surface area (Å²) in [4.78, 5) is 20.1. The average molecular weight is 1900 g/mol. The smallest absolute Gasteiger partial charge is 0.269 e. The highest BCUT2D eigenvalue weighted by Crippen LogP contribution is 2.38. The molecule has 0 atom stereocenters. The van der Waals surface area contributed by atoms with E-state index in [1.165, 1.54) is 143 Å². The highest BCUT2D eigenvalue weighted by atomic mass is 16.6. The van der Waals surface area contributed by atoms with E-state index in [9.17, 15) is 20.2 Å². The molecule has 17 aromatic rings. The number of benzene rings is 17. The normalized spacial score (nSPS) is 11.8. The fourth-order valence-electron chi connectivity index (χ4n) is 16.9. The van der Waals surface area contributed by atoms with Gasteiger partial charge in [-0.3, -0.25) is 20.2 Å². The van der Waals surface area contributed by atoms with Crippen molar-refractivity contribution in [2.75, 3.05) is 17.2 Å². The fourth-order valence-corrected chi connectivity index (χ4v) is 16.9. The van der Waals surface area contributed by atoms with Gasteiger partial charge in [0.15, 0.2) is 0 Å². The lowest BCUT2D eigenvalue weighted by molar-refractivity contribution is -0.385. The van der Waals surface area contributed by atoms with E-state index in [-0.39, 0.29) is 75.4 Å². The highest BCUT2D eigenvalue weighted by Gasteiger charge is 2.24. The van der Waals surface area contributed by atoms with Gasteiger partial charge in [-0.1, -0.05) is 492 Å². The van der Waals surface area contributed by atoms with Gasteiger partial charge in [0.05, 0.1) is 9.85 Å². The molecule has 6 N–H and O–H groups in total. The summed E-state index contributed by atoms with van der Waals surface area (Å²) < 4.78 is 0. The van der Waals surface area contributed by atoms with Crippen LogP contribution in [0.3, 0.4) is 0 Å². The molecule has 0 heterocycles. The standard InChI is InChI=1S/4C15H18.3C14H17N.C11H16.2C10H13NO2/c1-11-5-6-13-10-14(15(2,3)4)8-7-12(13)9-11;1-11-6-5-7-12-10-13(15(2,3)4)8-9-14(11)12;1-11-9-13(15(2,3)4)10-12-7-5-6-8-14(11)12;1-11-9-12-7-5-6-8-13(12)10-14(11)15(2,3)4;1-14(2,3)12-6-4-10-5-7-13(15)9-11(10)8-12;1-14(2,3)11-8-7-10-5-4-6-13(15)12(10)9-11;1-14(2,3)12-9-8-10-6-4-5-7-11(10)13(12)15;1-9-7-5-6-8-10(9)11(2,3)4;1-10(2,3)8-4-6-9(7-5-8)11(12)13;1-10(2,3)8-5-4-6-9(7-8)11(12)13/h4*5-10H,1-4H3;3*4-9H,15H2,1-3H3;5-8H,1-4H3;2*4-7H,1-3H3. The Bertz CT molecular complexity index is 7060. The molecule has 0 aliphatic rings. The second-order valence-electron chi connectivity index (χ2n) is 48.4. The minimum atomic E-state index is -0.383. The maximum Gasteiger partial charge on any atom is 0.269 e. The molecular weight excluding hydrogens is 1730 g/mol. The minimum absolute atomic E-state index is 0.0357. The number of nitro groups is 2. The van der Waals surface area contributed by atoms with Crippen LogP contribution in [0.1, 0.15) is 291 Å². The van der Waals surface area contributed by atoms with Crippen LogP contribution in [0.2, 0.25) is 0 Å². The average Bonchev–Trinajstić information content (AvgIpc) is 0.775. The van der Waals surface area contributed by atoms with Gasteiger partial charge in [-0.25, -0.2) is 0 Å². The molecule has 0 amide bonds. The Morgan fingerprint density at radius 2 is 0.556 bits per heavy atom. The van der Waals surface area contributed by atoms with Crippen molar-refractivity contribution in [1.29, 1.82) is 0 Å². The van der Waals surface area contributed by atoms with E-state index < -0.39 is 0 Å². The Kier molecular flexibility index (Phi) is 37.8. The molecule has 0 aliphatic carbocycles. The Morgan fingerprint density at radius 1 is 0.197 bits per heavy atom. The third kappa shape index (κ3) is 33.2. The van der Waals surface area contributed by atoms with Crippen molar-refractivity contribution in [3.63, 3.8) is 0 Å². The third-order valence-corrected chi connectivity index (χ3v) is 25.8. The SMILES string of the molecule is CC(C)(C)c1ccc([N+](=O)[O-])cc1.CC(C)(C)c1ccc2ccc(N)cc2c1.CC(C)(C)c1ccc2cccc(N)c2c1.CC(C)(C)c1ccc2ccccc2c1N.CC(C)(C)c1cccc([N+](=O)[O-])c1.Cc1cc(C(C)(C)C)cc2ccccc12.Cc1cc2ccccc2cc1C(C)(C)C.Cc1ccc2cc(C(C)(C)C)ccc2c1.Cc1cccc2cc(C(C)(C)C)ccc12.Cc1ccccc1C(C)(C)C. The number of nitrogen functional groups attached to an aromatic ring is 3. The van der Waals surface area contributed by atoms with E-state index >= 15 is 0 Å². The Hall–Kier alpha value is -13.2. The van der Waals surface area contributed by atoms with Crippen LogP contribution in [-0.2, 0) is 54.1 Å². The summed E-state index contributed by atoms with van der Waals surface area (Å²) in [5.41, 5.74) is 42.5. The molecule has 142 heavy (non-hydrogen) atoms. The lowest BCUT2D eigenvalue weighted by Crippen LogP contribution is -2.13. The van der Waals surface area contributed by atoms with Crippen LogP contribution in [0.25, 0.3) is 75.4 Å². The molecule has 0 radical (unpaired) electrons. The van der Waals surface area contributed by atoms with E-state index in [1.54, 1.807) is 36.4 Å². The molecule has 0 aliphatic heterocycles. The second kappa shape index (κ2) is 47.1. The summed E-state index contributed by atoms with van der Waals surface area (Å²) in [7, 11) is 0. The molecular formula is C133H165N5O4. The summed E-state index contributed by atoms with van der Waals surface area (Å²) in [5, 5.41) is 38.8. The van der Waals surface area contributed by atoms with Crippen LogP contribution in [0.4, 0.5) is 28.4 Å². The van der Waals surface area contributed by atoms with Crippen LogP contribution in [0, 0.1) is 54.8 Å². The van der Waals surface area contributed by atoms with Crippen molar-refractivity contribution in [2.24, 2.45) is 0 Å². The summed E-state index contributed by atoms with van der Waals surface area (Å²) in [6.45, 7) is 76.9. The van der Waals surface area contributed by atoms with E-state index in [1.807, 2.05) is 63.2 Å². The molecule has 9 nitrogen and oxygen atoms in total. The van der Waals surface area contributed by atoms with Crippen molar-refractivity contribution in [3.8, 4) is 0 Å². The summed E-state index contributed by atoms with van der Waals surface area (Å²) in [6.07, 6.45) is 0. The summed E-state index contributed by atoms with van der Waals surface area (Å²) in [5.74, 6) is 0. The number of hydrogen-bond acceptors (Lipinski definition) is 7. The molecule has 0 saturated carbocycles. The maximum atomic E-state index is 10.5. The van der Waals surface area contributed by atoms with Crippen LogP contribution >= 0.6 is 0 Å². The first-order valence-electron chi connectivity index (χ1n) is 50.1. The van der Waals surface area contributed by atoms with Crippen LogP contribution in [0.15, 0.2) is 328 Å². The highest BCUT2D eigenvalue weighted by molar-refractivity contribution is 5.96. The molecule has 0 saturated heterocycles. The zero-order valence-corrected chi connectivity index (χ0v) is 92.4. The van der Waals surface area contributed by atoms with Gasteiger partial charge in [0.2, 0.25) is 0 Å². The number of aryl methyl sites for hydroxylation is 5. The van der Waals surface area contributed by atoms with Gasteiger partial charge < -0.3 is 17.2 Å². The Morgan fingerprint density at radius 3 is 1.08 bits per heavy atom. The van der Waals surface area contributed by atoms with Crippen LogP contribution in [-0.4, -0.2) is 9.85 Å². The molecule has 0 unspecified atom stereocenters. The van der Waals surface area contributed by atoms with Crippen molar-refractivity contribution < 1.29 is 9.85 Å². The number of nitrogens with zero attached hydrogens (tertiary/aromatic N) is 2. The van der Waals surface area contributed by atoms with Crippen LogP contribution in [0.5, 0.6) is 0 Å². The number of non-ortho nitro benzene ring substituents is 2. The zero-order chi connectivity index (χ0) is 106. The largest absolute Gasteiger partial charge is 0.399 e. The topological polar surface area (TPSA) is 164 Å². The van der Waals surface area contributed by atoms with Gasteiger partial charge in [-0.2, -0.15) is 0 Å². The van der Waals surface area contributed by atoms with Gasteiger partial charge in [0.25, 0.3) is 11.4 Å². The predicted octanol–water partition coefficient (Wildman–Crippen LogP) is 38.0. The van der Waals surface area contributed by atoms with E-state index in [0.29, 0.717) is 0 Å². The molecule has 0 spiro atoms. The Labute approximate surface area is 853 Å². The molecule has 17 aromatic carbocycles. The first-order valence-corrected chi connectivity index (χ1v) is 50.1. The monoisotopic (exact) mass is 1900 g/mol. The van der Waals surface area contributed by atoms with Gasteiger partial charge in [-0.05, 0) is 256 Å². The first-order chi connectivity index (χ1) is 65.7. The lowest BCUT2D eigenvalue weighted by atomic mass is 9.83. The number of nitrogens with two attached hydrogens (primary N) is 3. The molecule has 17 rings (SSSR count). The third-order valence-electron chi connectivity index (χ3n) is 25.8. The van der Waals surface area contributed by atoms with Gasteiger partial charge in [-0.15, -0.1) is 0 Å². The number of nitro benzene ring substituents is 2. The summed E-state index contributed by atoms with van der Waals surface area (Å²) in [6, 6.07) is 113. The molecule has 0 fully saturated rings. The van der Waals surface area contributed by atoms with Crippen molar-refractivity contribution >= 4 is 104 Å². The van der Waals surface area contributed by atoms with Crippen molar-refractivity contribution in [3.05, 3.63) is 431 Å². The number of rotatable bonds is 2. The molecule has 0 bridgehead atoms. The molecule has 9 heteroatoms. The minimum Gasteiger partial charge on any atom is -0.399 e. The van der Waals surface area contributed by atoms with E-state index in [0.717, 1.165) is 39.0 Å².